The van der Waals surface area contributed by atoms with Gasteiger partial charge in [0.15, 0.2) is 0 Å². The molecule has 1 N–H and O–H groups in total. The Hall–Kier alpha value is -0.0400. The molecule has 0 spiro atoms. The second kappa shape index (κ2) is 3.38. The fourth-order valence-electron chi connectivity index (χ4n) is 2.11. The number of rotatable bonds is 1. The molecule has 0 heterocycles. The molecule has 1 rings (SSSR count). The third-order valence-corrected chi connectivity index (χ3v) is 2.99. The molecule has 0 radical (unpaired) electrons. The summed E-state index contributed by atoms with van der Waals surface area (Å²) in [6.45, 7) is 4.91. The number of hydrogen-bond donors (Lipinski definition) is 1. The maximum absolute atomic E-state index is 9.03. The van der Waals surface area contributed by atoms with Gasteiger partial charge in [0, 0.05) is 6.61 Å². The first-order valence-corrected chi connectivity index (χ1v) is 4.36. The van der Waals surface area contributed by atoms with Crippen LogP contribution in [0.1, 0.15) is 33.1 Å². The summed E-state index contributed by atoms with van der Waals surface area (Å²) >= 11 is 0. The minimum absolute atomic E-state index is 0.391. The summed E-state index contributed by atoms with van der Waals surface area (Å²) in [5, 5.41) is 9.03. The molecule has 0 aromatic rings. The Kier molecular flexibility index (Phi) is 2.72. The van der Waals surface area contributed by atoms with Gasteiger partial charge in [-0.05, 0) is 17.8 Å². The summed E-state index contributed by atoms with van der Waals surface area (Å²) in [5.74, 6) is 2.07. The average molecular weight is 142 g/mol. The molecular formula is C9H18O. The standard InChI is InChI=1S/C9H18O/c1-7-4-3-5-8(2)9(7)6-10/h7-10H,3-6H2,1-2H3/t7-,8-/m1/s1. The van der Waals surface area contributed by atoms with Gasteiger partial charge < -0.3 is 5.11 Å². The van der Waals surface area contributed by atoms with E-state index >= 15 is 0 Å². The first kappa shape index (κ1) is 8.06. The van der Waals surface area contributed by atoms with Crippen molar-refractivity contribution in [2.24, 2.45) is 17.8 Å². The molecule has 0 aromatic carbocycles. The Morgan fingerprint density at radius 1 is 1.20 bits per heavy atom. The average Bonchev–Trinajstić information content (AvgIpc) is 1.88. The summed E-state index contributed by atoms with van der Waals surface area (Å²) in [6, 6.07) is 0. The minimum atomic E-state index is 0.391. The normalized spacial score (nSPS) is 36.3. The third-order valence-electron chi connectivity index (χ3n) is 2.99. The van der Waals surface area contributed by atoms with Crippen LogP contribution in [0.5, 0.6) is 0 Å². The molecular weight excluding hydrogens is 124 g/mol. The van der Waals surface area contributed by atoms with Crippen molar-refractivity contribution in [3.8, 4) is 0 Å². The Morgan fingerprint density at radius 2 is 1.70 bits per heavy atom. The molecule has 1 heteroatoms. The fourth-order valence-corrected chi connectivity index (χ4v) is 2.11. The Balaban J connectivity index is 2.45. The van der Waals surface area contributed by atoms with Crippen molar-refractivity contribution in [1.82, 2.24) is 0 Å². The number of hydrogen-bond acceptors (Lipinski definition) is 1. The molecule has 0 aromatic heterocycles. The van der Waals surface area contributed by atoms with Crippen LogP contribution in [0.2, 0.25) is 0 Å². The van der Waals surface area contributed by atoms with E-state index in [1.54, 1.807) is 0 Å². The monoisotopic (exact) mass is 142 g/mol. The van der Waals surface area contributed by atoms with E-state index in [4.69, 9.17) is 5.11 Å². The van der Waals surface area contributed by atoms with Crippen LogP contribution in [0.25, 0.3) is 0 Å². The Labute approximate surface area is 63.4 Å². The molecule has 1 saturated carbocycles. The van der Waals surface area contributed by atoms with Gasteiger partial charge in [0.25, 0.3) is 0 Å². The maximum atomic E-state index is 9.03. The molecule has 10 heavy (non-hydrogen) atoms. The zero-order valence-corrected chi connectivity index (χ0v) is 7.01. The van der Waals surface area contributed by atoms with E-state index in [2.05, 4.69) is 13.8 Å². The first-order valence-electron chi connectivity index (χ1n) is 4.36. The van der Waals surface area contributed by atoms with E-state index < -0.39 is 0 Å². The van der Waals surface area contributed by atoms with Gasteiger partial charge in [-0.3, -0.25) is 0 Å². The lowest BCUT2D eigenvalue weighted by Gasteiger charge is -2.32. The smallest absolute Gasteiger partial charge is 0.0464 e. The summed E-state index contributed by atoms with van der Waals surface area (Å²) in [7, 11) is 0. The van der Waals surface area contributed by atoms with Crippen LogP contribution < -0.4 is 0 Å². The van der Waals surface area contributed by atoms with Crippen molar-refractivity contribution >= 4 is 0 Å². The molecule has 2 atom stereocenters. The molecule has 0 bridgehead atoms. The minimum Gasteiger partial charge on any atom is -0.396 e. The van der Waals surface area contributed by atoms with Gasteiger partial charge >= 0.3 is 0 Å². The van der Waals surface area contributed by atoms with Gasteiger partial charge in [-0.1, -0.05) is 33.1 Å². The summed E-state index contributed by atoms with van der Waals surface area (Å²) < 4.78 is 0. The topological polar surface area (TPSA) is 20.2 Å². The fraction of sp³-hybridized carbons (Fsp3) is 1.00. The van der Waals surface area contributed by atoms with Crippen LogP contribution in [-0.2, 0) is 0 Å². The van der Waals surface area contributed by atoms with Crippen LogP contribution in [0.3, 0.4) is 0 Å². The number of aliphatic hydroxyl groups is 1. The lowest BCUT2D eigenvalue weighted by Crippen LogP contribution is -2.27. The molecule has 60 valence electrons. The van der Waals surface area contributed by atoms with Crippen LogP contribution in [0.15, 0.2) is 0 Å². The summed E-state index contributed by atoms with van der Waals surface area (Å²) in [4.78, 5) is 0. The van der Waals surface area contributed by atoms with Gasteiger partial charge in [-0.2, -0.15) is 0 Å². The van der Waals surface area contributed by atoms with Gasteiger partial charge in [0.05, 0.1) is 0 Å². The highest BCUT2D eigenvalue weighted by atomic mass is 16.3. The van der Waals surface area contributed by atoms with E-state index in [0.29, 0.717) is 12.5 Å². The van der Waals surface area contributed by atoms with Gasteiger partial charge in [0.1, 0.15) is 0 Å². The van der Waals surface area contributed by atoms with E-state index in [0.717, 1.165) is 11.8 Å². The van der Waals surface area contributed by atoms with Crippen molar-refractivity contribution in [3.63, 3.8) is 0 Å². The largest absolute Gasteiger partial charge is 0.396 e. The molecule has 1 aliphatic rings. The van der Waals surface area contributed by atoms with Crippen LogP contribution in [0, 0.1) is 17.8 Å². The molecule has 0 aliphatic heterocycles. The molecule has 0 saturated heterocycles. The second-order valence-corrected chi connectivity index (χ2v) is 3.73. The van der Waals surface area contributed by atoms with E-state index in [1.807, 2.05) is 0 Å². The summed E-state index contributed by atoms with van der Waals surface area (Å²) in [5.41, 5.74) is 0. The molecule has 1 aliphatic carbocycles. The number of aliphatic hydroxyl groups excluding tert-OH is 1. The van der Waals surface area contributed by atoms with Crippen LogP contribution in [0.4, 0.5) is 0 Å². The SMILES string of the molecule is C[C@@H]1CCC[C@@H](C)C1CO. The zero-order chi connectivity index (χ0) is 7.56. The Morgan fingerprint density at radius 3 is 2.00 bits per heavy atom. The van der Waals surface area contributed by atoms with Crippen molar-refractivity contribution in [3.05, 3.63) is 0 Å². The predicted molar refractivity (Wildman–Crippen MR) is 42.8 cm³/mol. The highest BCUT2D eigenvalue weighted by Crippen LogP contribution is 2.33. The highest BCUT2D eigenvalue weighted by molar-refractivity contribution is 4.76. The molecule has 0 unspecified atom stereocenters. The molecule has 1 nitrogen and oxygen atoms in total. The Bertz CT molecular complexity index is 90.9. The van der Waals surface area contributed by atoms with E-state index in [9.17, 15) is 0 Å². The van der Waals surface area contributed by atoms with E-state index in [1.165, 1.54) is 19.3 Å². The van der Waals surface area contributed by atoms with E-state index in [-0.39, 0.29) is 0 Å². The van der Waals surface area contributed by atoms with Crippen molar-refractivity contribution in [2.45, 2.75) is 33.1 Å². The maximum Gasteiger partial charge on any atom is 0.0464 e. The first-order chi connectivity index (χ1) is 4.75. The highest BCUT2D eigenvalue weighted by Gasteiger charge is 2.26. The zero-order valence-electron chi connectivity index (χ0n) is 7.01. The van der Waals surface area contributed by atoms with Crippen molar-refractivity contribution in [1.29, 1.82) is 0 Å². The second-order valence-electron chi connectivity index (χ2n) is 3.73. The van der Waals surface area contributed by atoms with Crippen molar-refractivity contribution < 1.29 is 5.11 Å². The lowest BCUT2D eigenvalue weighted by molar-refractivity contribution is 0.0980. The quantitative estimate of drug-likeness (QED) is 0.594. The molecule has 1 fully saturated rings. The third kappa shape index (κ3) is 1.51. The summed E-state index contributed by atoms with van der Waals surface area (Å²) in [6.07, 6.45) is 3.99. The van der Waals surface area contributed by atoms with Crippen molar-refractivity contribution in [2.75, 3.05) is 6.61 Å². The van der Waals surface area contributed by atoms with Gasteiger partial charge in [-0.25, -0.2) is 0 Å². The molecule has 0 amide bonds. The lowest BCUT2D eigenvalue weighted by atomic mass is 9.74. The van der Waals surface area contributed by atoms with Gasteiger partial charge in [0.2, 0.25) is 0 Å². The van der Waals surface area contributed by atoms with Crippen LogP contribution in [-0.4, -0.2) is 11.7 Å². The van der Waals surface area contributed by atoms with Gasteiger partial charge in [-0.15, -0.1) is 0 Å². The predicted octanol–water partition coefficient (Wildman–Crippen LogP) is 2.05. The van der Waals surface area contributed by atoms with Crippen LogP contribution >= 0.6 is 0 Å².